The largest absolute Gasteiger partial charge is 0.478 e. The van der Waals surface area contributed by atoms with E-state index in [1.54, 1.807) is 0 Å². The molecule has 0 aliphatic rings. The fourth-order valence-corrected chi connectivity index (χ4v) is 1.19. The van der Waals surface area contributed by atoms with Crippen molar-refractivity contribution < 1.29 is 19.6 Å². The monoisotopic (exact) mass is 209 g/mol. The van der Waals surface area contributed by atoms with E-state index in [-0.39, 0.29) is 28.7 Å². The van der Waals surface area contributed by atoms with Gasteiger partial charge < -0.3 is 5.11 Å². The van der Waals surface area contributed by atoms with Gasteiger partial charge in [0.05, 0.1) is 16.1 Å². The van der Waals surface area contributed by atoms with Crippen molar-refractivity contribution in [2.24, 2.45) is 0 Å². The van der Waals surface area contributed by atoms with Crippen LogP contribution in [0.4, 0.5) is 5.69 Å². The van der Waals surface area contributed by atoms with Crippen LogP contribution >= 0.6 is 0 Å². The molecule has 1 rings (SSSR count). The lowest BCUT2D eigenvalue weighted by Gasteiger charge is -2.02. The molecule has 0 radical (unpaired) electrons. The molecule has 0 aliphatic heterocycles. The van der Waals surface area contributed by atoms with Crippen molar-refractivity contribution in [3.63, 3.8) is 0 Å². The standard InChI is InChI=1S/C9H7NO5/c1-5-2-8(10(14)15)6(4-11)3-7(5)9(12)13/h2-4H,1H3,(H,12,13). The van der Waals surface area contributed by atoms with Crippen molar-refractivity contribution in [3.8, 4) is 0 Å². The first-order chi connectivity index (χ1) is 6.97. The molecule has 78 valence electrons. The van der Waals surface area contributed by atoms with Crippen LogP contribution in [0.2, 0.25) is 0 Å². The Bertz CT molecular complexity index is 452. The Labute approximate surface area is 84.3 Å². The Morgan fingerprint density at radius 1 is 1.53 bits per heavy atom. The average molecular weight is 209 g/mol. The zero-order valence-electron chi connectivity index (χ0n) is 7.76. The van der Waals surface area contributed by atoms with Gasteiger partial charge in [-0.15, -0.1) is 0 Å². The van der Waals surface area contributed by atoms with E-state index in [2.05, 4.69) is 0 Å². The Balaban J connectivity index is 3.48. The molecule has 0 amide bonds. The molecule has 0 unspecified atom stereocenters. The van der Waals surface area contributed by atoms with Crippen LogP contribution in [0.25, 0.3) is 0 Å². The fraction of sp³-hybridized carbons (Fsp3) is 0.111. The third-order valence-corrected chi connectivity index (χ3v) is 1.93. The van der Waals surface area contributed by atoms with Gasteiger partial charge in [0.25, 0.3) is 5.69 Å². The molecule has 0 aromatic heterocycles. The summed E-state index contributed by atoms with van der Waals surface area (Å²) in [4.78, 5) is 31.0. The van der Waals surface area contributed by atoms with Crippen LogP contribution in [0, 0.1) is 17.0 Å². The maximum atomic E-state index is 10.7. The normalized spacial score (nSPS) is 9.67. The minimum Gasteiger partial charge on any atom is -0.478 e. The van der Waals surface area contributed by atoms with E-state index in [1.807, 2.05) is 0 Å². The topological polar surface area (TPSA) is 97.5 Å². The number of nitro benzene ring substituents is 1. The smallest absolute Gasteiger partial charge is 0.335 e. The van der Waals surface area contributed by atoms with E-state index < -0.39 is 10.9 Å². The lowest BCUT2D eigenvalue weighted by molar-refractivity contribution is -0.385. The Morgan fingerprint density at radius 3 is 2.53 bits per heavy atom. The molecule has 0 spiro atoms. The Morgan fingerprint density at radius 2 is 2.13 bits per heavy atom. The second kappa shape index (κ2) is 3.87. The summed E-state index contributed by atoms with van der Waals surface area (Å²) in [5.74, 6) is -1.22. The molecule has 0 aliphatic carbocycles. The highest BCUT2D eigenvalue weighted by molar-refractivity contribution is 5.93. The number of carbonyl (C=O) groups excluding carboxylic acids is 1. The molecule has 6 heteroatoms. The molecule has 6 nitrogen and oxygen atoms in total. The molecule has 0 saturated carbocycles. The summed E-state index contributed by atoms with van der Waals surface area (Å²) in [6, 6.07) is 2.08. The number of carboxylic acids is 1. The number of hydrogen-bond acceptors (Lipinski definition) is 4. The predicted molar refractivity (Wildman–Crippen MR) is 50.2 cm³/mol. The van der Waals surface area contributed by atoms with Crippen molar-refractivity contribution >= 4 is 17.9 Å². The van der Waals surface area contributed by atoms with Crippen LogP contribution in [-0.4, -0.2) is 22.3 Å². The lowest BCUT2D eigenvalue weighted by atomic mass is 10.0. The molecule has 1 aromatic rings. The summed E-state index contributed by atoms with van der Waals surface area (Å²) in [5.41, 5.74) is -0.474. The molecule has 0 saturated heterocycles. The van der Waals surface area contributed by atoms with Crippen molar-refractivity contribution in [1.82, 2.24) is 0 Å². The van der Waals surface area contributed by atoms with Gasteiger partial charge in [-0.05, 0) is 18.6 Å². The van der Waals surface area contributed by atoms with Gasteiger partial charge >= 0.3 is 5.97 Å². The zero-order valence-corrected chi connectivity index (χ0v) is 7.76. The molecular weight excluding hydrogens is 202 g/mol. The summed E-state index contributed by atoms with van der Waals surface area (Å²) in [5, 5.41) is 19.2. The summed E-state index contributed by atoms with van der Waals surface area (Å²) in [6.07, 6.45) is 0.268. The molecular formula is C9H7NO5. The van der Waals surface area contributed by atoms with E-state index in [9.17, 15) is 19.7 Å². The number of carbonyl (C=O) groups is 2. The fourth-order valence-electron chi connectivity index (χ4n) is 1.19. The van der Waals surface area contributed by atoms with Crippen LogP contribution in [0.5, 0.6) is 0 Å². The number of benzene rings is 1. The molecule has 1 aromatic carbocycles. The quantitative estimate of drug-likeness (QED) is 0.461. The van der Waals surface area contributed by atoms with Gasteiger partial charge in [-0.25, -0.2) is 4.79 Å². The summed E-state index contributed by atoms with van der Waals surface area (Å²) >= 11 is 0. The maximum absolute atomic E-state index is 10.7. The first kappa shape index (κ1) is 10.8. The van der Waals surface area contributed by atoms with Gasteiger partial charge in [0.15, 0.2) is 6.29 Å². The number of carboxylic acid groups (broad SMARTS) is 1. The van der Waals surface area contributed by atoms with E-state index >= 15 is 0 Å². The first-order valence-corrected chi connectivity index (χ1v) is 3.95. The Hall–Kier alpha value is -2.24. The van der Waals surface area contributed by atoms with E-state index in [1.165, 1.54) is 6.92 Å². The van der Waals surface area contributed by atoms with Gasteiger partial charge in [-0.3, -0.25) is 14.9 Å². The molecule has 0 heterocycles. The van der Waals surface area contributed by atoms with Crippen LogP contribution < -0.4 is 0 Å². The molecule has 1 N–H and O–H groups in total. The van der Waals surface area contributed by atoms with Gasteiger partial charge in [0.2, 0.25) is 0 Å². The SMILES string of the molecule is Cc1cc([N+](=O)[O-])c(C=O)cc1C(=O)O. The van der Waals surface area contributed by atoms with Gasteiger partial charge in [0, 0.05) is 6.07 Å². The molecule has 0 atom stereocenters. The number of nitrogens with zero attached hydrogens (tertiary/aromatic N) is 1. The van der Waals surface area contributed by atoms with Gasteiger partial charge in [0.1, 0.15) is 0 Å². The van der Waals surface area contributed by atoms with Crippen LogP contribution in [0.15, 0.2) is 12.1 Å². The van der Waals surface area contributed by atoms with Crippen molar-refractivity contribution in [1.29, 1.82) is 0 Å². The number of aryl methyl sites for hydroxylation is 1. The maximum Gasteiger partial charge on any atom is 0.335 e. The van der Waals surface area contributed by atoms with Crippen LogP contribution in [-0.2, 0) is 0 Å². The third kappa shape index (κ3) is 1.98. The first-order valence-electron chi connectivity index (χ1n) is 3.95. The molecule has 0 fully saturated rings. The minimum atomic E-state index is -1.22. The van der Waals surface area contributed by atoms with E-state index in [0.29, 0.717) is 0 Å². The minimum absolute atomic E-state index is 0.109. The van der Waals surface area contributed by atoms with Gasteiger partial charge in [-0.2, -0.15) is 0 Å². The lowest BCUT2D eigenvalue weighted by Crippen LogP contribution is -2.03. The predicted octanol–water partition coefficient (Wildman–Crippen LogP) is 1.41. The molecule has 15 heavy (non-hydrogen) atoms. The molecule has 0 bridgehead atoms. The number of nitro groups is 1. The number of aromatic carboxylic acids is 1. The van der Waals surface area contributed by atoms with Crippen LogP contribution in [0.1, 0.15) is 26.3 Å². The van der Waals surface area contributed by atoms with E-state index in [4.69, 9.17) is 5.11 Å². The van der Waals surface area contributed by atoms with Gasteiger partial charge in [-0.1, -0.05) is 0 Å². The second-order valence-corrected chi connectivity index (χ2v) is 2.91. The highest BCUT2D eigenvalue weighted by atomic mass is 16.6. The number of aldehydes is 1. The van der Waals surface area contributed by atoms with E-state index in [0.717, 1.165) is 12.1 Å². The van der Waals surface area contributed by atoms with Crippen LogP contribution in [0.3, 0.4) is 0 Å². The zero-order chi connectivity index (χ0) is 11.6. The number of hydrogen-bond donors (Lipinski definition) is 1. The third-order valence-electron chi connectivity index (χ3n) is 1.93. The Kier molecular flexibility index (Phi) is 2.80. The van der Waals surface area contributed by atoms with Crippen molar-refractivity contribution in [3.05, 3.63) is 38.9 Å². The summed E-state index contributed by atoms with van der Waals surface area (Å²) in [7, 11) is 0. The summed E-state index contributed by atoms with van der Waals surface area (Å²) in [6.45, 7) is 1.44. The second-order valence-electron chi connectivity index (χ2n) is 2.91. The number of rotatable bonds is 3. The van der Waals surface area contributed by atoms with Crippen molar-refractivity contribution in [2.75, 3.05) is 0 Å². The van der Waals surface area contributed by atoms with Crippen molar-refractivity contribution in [2.45, 2.75) is 6.92 Å². The summed E-state index contributed by atoms with van der Waals surface area (Å²) < 4.78 is 0. The average Bonchev–Trinajstić information content (AvgIpc) is 2.16. The highest BCUT2D eigenvalue weighted by Crippen LogP contribution is 2.21. The highest BCUT2D eigenvalue weighted by Gasteiger charge is 2.18.